The third-order valence-electron chi connectivity index (χ3n) is 5.55. The predicted octanol–water partition coefficient (Wildman–Crippen LogP) is 3.98. The lowest BCUT2D eigenvalue weighted by Crippen LogP contribution is -2.47. The van der Waals surface area contributed by atoms with Crippen LogP contribution in [-0.4, -0.2) is 67.0 Å². The number of esters is 1. The number of aromatic nitrogens is 1. The summed E-state index contributed by atoms with van der Waals surface area (Å²) < 4.78 is 37.8. The second-order valence-corrected chi connectivity index (χ2v) is 10.2. The zero-order chi connectivity index (χ0) is 25.5. The van der Waals surface area contributed by atoms with Crippen molar-refractivity contribution < 1.29 is 27.8 Å². The highest BCUT2D eigenvalue weighted by atomic mass is 32.2. The summed E-state index contributed by atoms with van der Waals surface area (Å²) in [6, 6.07) is 10.9. The van der Waals surface area contributed by atoms with Crippen LogP contribution in [0.15, 0.2) is 52.2 Å². The van der Waals surface area contributed by atoms with Crippen LogP contribution in [0.2, 0.25) is 0 Å². The molecule has 7 nitrogen and oxygen atoms in total. The molecular weight excluding hydrogens is 508 g/mol. The summed E-state index contributed by atoms with van der Waals surface area (Å²) in [4.78, 5) is 30.6. The highest BCUT2D eigenvalue weighted by molar-refractivity contribution is 8.01. The average molecular weight is 534 g/mol. The number of halogens is 2. The molecule has 11 heteroatoms. The molecule has 36 heavy (non-hydrogen) atoms. The number of thiazole rings is 1. The summed E-state index contributed by atoms with van der Waals surface area (Å²) in [6.07, 6.45) is -0.183. The van der Waals surface area contributed by atoms with Crippen LogP contribution >= 0.6 is 23.1 Å². The van der Waals surface area contributed by atoms with Crippen molar-refractivity contribution in [2.75, 3.05) is 39.1 Å². The van der Waals surface area contributed by atoms with Gasteiger partial charge in [0.2, 0.25) is 5.91 Å². The number of rotatable bonds is 9. The molecule has 1 N–H and O–H groups in total. The minimum atomic E-state index is -0.859. The molecule has 0 bridgehead atoms. The first kappa shape index (κ1) is 26.2. The van der Waals surface area contributed by atoms with E-state index in [1.165, 1.54) is 36.3 Å². The molecule has 0 radical (unpaired) electrons. The van der Waals surface area contributed by atoms with Gasteiger partial charge in [0.05, 0.1) is 36.8 Å². The fraction of sp³-hybridized carbons (Fsp3) is 0.320. The van der Waals surface area contributed by atoms with Gasteiger partial charge in [-0.2, -0.15) is 0 Å². The van der Waals surface area contributed by atoms with Gasteiger partial charge in [0, 0.05) is 37.1 Å². The molecule has 1 aliphatic rings. The van der Waals surface area contributed by atoms with Crippen molar-refractivity contribution in [2.45, 2.75) is 17.0 Å². The molecule has 2 heterocycles. The van der Waals surface area contributed by atoms with Gasteiger partial charge in [0.25, 0.3) is 0 Å². The lowest BCUT2D eigenvalue weighted by atomic mass is 10.1. The Labute approximate surface area is 215 Å². The van der Waals surface area contributed by atoms with E-state index in [4.69, 9.17) is 9.47 Å². The van der Waals surface area contributed by atoms with Gasteiger partial charge in [-0.15, -0.1) is 11.3 Å². The van der Waals surface area contributed by atoms with E-state index in [2.05, 4.69) is 15.2 Å². The van der Waals surface area contributed by atoms with Crippen LogP contribution < -0.4 is 5.32 Å². The Morgan fingerprint density at radius 1 is 1.22 bits per heavy atom. The number of amides is 1. The van der Waals surface area contributed by atoms with E-state index in [0.29, 0.717) is 43.9 Å². The maximum absolute atomic E-state index is 13.5. The molecule has 1 saturated heterocycles. The third kappa shape index (κ3) is 7.10. The van der Waals surface area contributed by atoms with Crippen LogP contribution in [0.4, 0.5) is 8.78 Å². The number of carbonyl (C=O) groups is 2. The topological polar surface area (TPSA) is 80.8 Å². The largest absolute Gasteiger partial charge is 0.465 e. The molecule has 4 rings (SSSR count). The summed E-state index contributed by atoms with van der Waals surface area (Å²) in [6.45, 7) is 2.61. The van der Waals surface area contributed by atoms with Crippen LogP contribution in [-0.2, 0) is 20.8 Å². The number of methoxy groups -OCH3 is 1. The monoisotopic (exact) mass is 533 g/mol. The van der Waals surface area contributed by atoms with Gasteiger partial charge >= 0.3 is 5.97 Å². The van der Waals surface area contributed by atoms with Gasteiger partial charge in [-0.25, -0.2) is 18.6 Å². The number of carbonyl (C=O) groups excluding carboxylic acids is 2. The minimum Gasteiger partial charge on any atom is -0.465 e. The van der Waals surface area contributed by atoms with Gasteiger partial charge < -0.3 is 14.8 Å². The molecule has 190 valence electrons. The summed E-state index contributed by atoms with van der Waals surface area (Å²) in [5, 5.41) is 4.80. The van der Waals surface area contributed by atoms with Crippen molar-refractivity contribution in [3.63, 3.8) is 0 Å². The number of morpholine rings is 1. The van der Waals surface area contributed by atoms with E-state index in [1.807, 2.05) is 17.5 Å². The van der Waals surface area contributed by atoms with E-state index in [1.54, 1.807) is 18.2 Å². The third-order valence-corrected chi connectivity index (χ3v) is 7.57. The molecule has 0 spiro atoms. The molecule has 1 amide bonds. The Bertz CT molecular complexity index is 1210. The number of nitrogens with one attached hydrogen (secondary N) is 1. The Morgan fingerprint density at radius 2 is 2.03 bits per heavy atom. The smallest absolute Gasteiger partial charge is 0.337 e. The summed E-state index contributed by atoms with van der Waals surface area (Å²) in [5.74, 6) is -2.01. The maximum atomic E-state index is 13.5. The second-order valence-electron chi connectivity index (χ2n) is 8.14. The Kier molecular flexibility index (Phi) is 9.03. The Balaban J connectivity index is 1.20. The zero-order valence-corrected chi connectivity index (χ0v) is 21.2. The highest BCUT2D eigenvalue weighted by Crippen LogP contribution is 2.28. The molecule has 2 aromatic carbocycles. The molecule has 1 fully saturated rings. The minimum absolute atomic E-state index is 0.125. The van der Waals surface area contributed by atoms with E-state index in [-0.39, 0.29) is 17.8 Å². The molecule has 0 aliphatic carbocycles. The summed E-state index contributed by atoms with van der Waals surface area (Å²) in [7, 11) is 1.34. The Morgan fingerprint density at radius 3 is 2.78 bits per heavy atom. The molecule has 1 aromatic heterocycles. The first-order valence-electron chi connectivity index (χ1n) is 11.2. The number of hydrogen-bond acceptors (Lipinski definition) is 8. The van der Waals surface area contributed by atoms with Crippen molar-refractivity contribution in [3.05, 3.63) is 70.6 Å². The quantitative estimate of drug-likeness (QED) is 0.329. The SMILES string of the molecule is COC(=O)c1ccc(-c2csc(SCC(=O)NC[C@H]3CN(Cc4ccc(F)c(F)c4)CCO3)n2)cc1. The number of thioether (sulfide) groups is 1. The van der Waals surface area contributed by atoms with Gasteiger partial charge in [0.15, 0.2) is 16.0 Å². The van der Waals surface area contributed by atoms with E-state index in [9.17, 15) is 18.4 Å². The first-order chi connectivity index (χ1) is 17.4. The van der Waals surface area contributed by atoms with Gasteiger partial charge in [0.1, 0.15) is 0 Å². The number of benzene rings is 2. The number of ether oxygens (including phenoxy) is 2. The molecule has 1 aliphatic heterocycles. The van der Waals surface area contributed by atoms with Gasteiger partial charge in [-0.05, 0) is 29.8 Å². The predicted molar refractivity (Wildman–Crippen MR) is 134 cm³/mol. The number of nitrogens with zero attached hydrogens (tertiary/aromatic N) is 2. The fourth-order valence-electron chi connectivity index (χ4n) is 3.70. The molecule has 0 unspecified atom stereocenters. The van der Waals surface area contributed by atoms with Crippen molar-refractivity contribution >= 4 is 35.0 Å². The van der Waals surface area contributed by atoms with Crippen molar-refractivity contribution in [2.24, 2.45) is 0 Å². The van der Waals surface area contributed by atoms with E-state index in [0.717, 1.165) is 21.7 Å². The molecule has 0 saturated carbocycles. The molecule has 1 atom stereocenters. The fourth-order valence-corrected chi connectivity index (χ4v) is 5.37. The highest BCUT2D eigenvalue weighted by Gasteiger charge is 2.21. The maximum Gasteiger partial charge on any atom is 0.337 e. The van der Waals surface area contributed by atoms with Crippen molar-refractivity contribution in [3.8, 4) is 11.3 Å². The molecular formula is C25H25F2N3O4S2. The van der Waals surface area contributed by atoms with Crippen LogP contribution in [0.5, 0.6) is 0 Å². The summed E-state index contributed by atoms with van der Waals surface area (Å²) in [5.41, 5.74) is 2.81. The standard InChI is InChI=1S/C25H25F2N3O4S2/c1-33-24(32)18-5-3-17(4-6-18)22-14-35-25(29-22)36-15-23(31)28-11-19-13-30(8-9-34-19)12-16-2-7-20(26)21(27)10-16/h2-7,10,14,19H,8-9,11-13,15H2,1H3,(H,28,31)/t19-/m0/s1. The van der Waals surface area contributed by atoms with E-state index >= 15 is 0 Å². The van der Waals surface area contributed by atoms with E-state index < -0.39 is 17.6 Å². The lowest BCUT2D eigenvalue weighted by Gasteiger charge is -2.33. The Hall–Kier alpha value is -2.86. The van der Waals surface area contributed by atoms with Gasteiger partial charge in [-0.1, -0.05) is 30.0 Å². The number of hydrogen-bond donors (Lipinski definition) is 1. The average Bonchev–Trinajstić information content (AvgIpc) is 3.37. The van der Waals surface area contributed by atoms with Crippen molar-refractivity contribution in [1.82, 2.24) is 15.2 Å². The van der Waals surface area contributed by atoms with Crippen LogP contribution in [0.25, 0.3) is 11.3 Å². The normalized spacial score (nSPS) is 16.0. The van der Waals surface area contributed by atoms with Crippen molar-refractivity contribution in [1.29, 1.82) is 0 Å². The van der Waals surface area contributed by atoms with Gasteiger partial charge in [-0.3, -0.25) is 9.69 Å². The zero-order valence-electron chi connectivity index (χ0n) is 19.5. The second kappa shape index (κ2) is 12.4. The summed E-state index contributed by atoms with van der Waals surface area (Å²) >= 11 is 2.80. The van der Waals surface area contributed by atoms with Crippen LogP contribution in [0.1, 0.15) is 15.9 Å². The lowest BCUT2D eigenvalue weighted by molar-refractivity contribution is -0.119. The first-order valence-corrected chi connectivity index (χ1v) is 13.1. The van der Waals surface area contributed by atoms with Crippen LogP contribution in [0.3, 0.4) is 0 Å². The molecule has 3 aromatic rings. The van der Waals surface area contributed by atoms with Crippen LogP contribution in [0, 0.1) is 11.6 Å².